The smallest absolute Gasteiger partial charge is 0.0234 e. The van der Waals surface area contributed by atoms with Crippen molar-refractivity contribution in [2.24, 2.45) is 5.41 Å². The van der Waals surface area contributed by atoms with Gasteiger partial charge >= 0.3 is 0 Å². The van der Waals surface area contributed by atoms with Gasteiger partial charge in [-0.05, 0) is 30.4 Å². The third-order valence-corrected chi connectivity index (χ3v) is 5.00. The average Bonchev–Trinajstić information content (AvgIpc) is 2.50. The van der Waals surface area contributed by atoms with Gasteiger partial charge in [0.2, 0.25) is 0 Å². The van der Waals surface area contributed by atoms with Crippen molar-refractivity contribution in [1.82, 2.24) is 9.80 Å². The van der Waals surface area contributed by atoms with Gasteiger partial charge in [0, 0.05) is 32.7 Å². The first kappa shape index (κ1) is 16.5. The highest BCUT2D eigenvalue weighted by molar-refractivity contribution is 5.14. The molecule has 0 amide bonds. The summed E-state index contributed by atoms with van der Waals surface area (Å²) in [4.78, 5) is 5.23. The molecule has 118 valence electrons. The second kappa shape index (κ2) is 7.95. The van der Waals surface area contributed by atoms with E-state index >= 15 is 0 Å². The van der Waals surface area contributed by atoms with Crippen molar-refractivity contribution in [3.8, 4) is 0 Å². The fraction of sp³-hybridized carbons (Fsp3) is 0.684. The molecular weight excluding hydrogens is 256 g/mol. The minimum atomic E-state index is 0.523. The van der Waals surface area contributed by atoms with E-state index in [1.165, 1.54) is 57.5 Å². The van der Waals surface area contributed by atoms with Crippen molar-refractivity contribution in [1.29, 1.82) is 0 Å². The molecule has 0 N–H and O–H groups in total. The summed E-state index contributed by atoms with van der Waals surface area (Å²) in [6, 6.07) is 10.8. The summed E-state index contributed by atoms with van der Waals surface area (Å²) in [6.07, 6.45) is 3.99. The lowest BCUT2D eigenvalue weighted by molar-refractivity contribution is 0.121. The van der Waals surface area contributed by atoms with Crippen molar-refractivity contribution in [2.75, 3.05) is 32.7 Å². The summed E-state index contributed by atoms with van der Waals surface area (Å²) in [5, 5.41) is 0. The van der Waals surface area contributed by atoms with E-state index in [2.05, 4.69) is 60.9 Å². The minimum absolute atomic E-state index is 0.523. The molecule has 1 aliphatic rings. The normalized spacial score (nSPS) is 18.0. The number of benzene rings is 1. The Morgan fingerprint density at radius 1 is 0.952 bits per heavy atom. The first-order valence-corrected chi connectivity index (χ1v) is 8.58. The number of hydrogen-bond donors (Lipinski definition) is 0. The SMILES string of the molecule is CCC(C)(C)CCCN1CCN(Cc2ccccc2)CC1. The molecule has 2 nitrogen and oxygen atoms in total. The van der Waals surface area contributed by atoms with Crippen molar-refractivity contribution in [3.05, 3.63) is 35.9 Å². The Balaban J connectivity index is 1.64. The lowest BCUT2D eigenvalue weighted by Crippen LogP contribution is -2.46. The molecule has 0 saturated carbocycles. The first-order chi connectivity index (χ1) is 10.1. The second-order valence-electron chi connectivity index (χ2n) is 7.22. The lowest BCUT2D eigenvalue weighted by atomic mass is 9.85. The molecule has 0 atom stereocenters. The summed E-state index contributed by atoms with van der Waals surface area (Å²) in [5.74, 6) is 0. The van der Waals surface area contributed by atoms with E-state index in [-0.39, 0.29) is 0 Å². The summed E-state index contributed by atoms with van der Waals surface area (Å²) < 4.78 is 0. The molecule has 0 spiro atoms. The number of hydrogen-bond acceptors (Lipinski definition) is 2. The van der Waals surface area contributed by atoms with E-state index in [4.69, 9.17) is 0 Å². The fourth-order valence-electron chi connectivity index (χ4n) is 2.97. The highest BCUT2D eigenvalue weighted by Crippen LogP contribution is 2.26. The Hall–Kier alpha value is -0.860. The van der Waals surface area contributed by atoms with Gasteiger partial charge in [-0.1, -0.05) is 57.5 Å². The van der Waals surface area contributed by atoms with Gasteiger partial charge in [-0.15, -0.1) is 0 Å². The minimum Gasteiger partial charge on any atom is -0.301 e. The Morgan fingerprint density at radius 2 is 1.57 bits per heavy atom. The molecule has 1 aromatic rings. The third-order valence-electron chi connectivity index (χ3n) is 5.00. The van der Waals surface area contributed by atoms with Gasteiger partial charge in [0.05, 0.1) is 0 Å². The number of rotatable bonds is 7. The zero-order valence-electron chi connectivity index (χ0n) is 14.1. The van der Waals surface area contributed by atoms with E-state index in [0.29, 0.717) is 5.41 Å². The van der Waals surface area contributed by atoms with Crippen molar-refractivity contribution >= 4 is 0 Å². The van der Waals surface area contributed by atoms with Crippen LogP contribution in [0.4, 0.5) is 0 Å². The van der Waals surface area contributed by atoms with Gasteiger partial charge in [0.25, 0.3) is 0 Å². The van der Waals surface area contributed by atoms with Gasteiger partial charge < -0.3 is 4.90 Å². The Kier molecular flexibility index (Phi) is 6.25. The van der Waals surface area contributed by atoms with Crippen LogP contribution >= 0.6 is 0 Å². The third kappa shape index (κ3) is 5.80. The summed E-state index contributed by atoms with van der Waals surface area (Å²) in [6.45, 7) is 14.4. The van der Waals surface area contributed by atoms with Gasteiger partial charge in [-0.3, -0.25) is 4.90 Å². The van der Waals surface area contributed by atoms with Crippen LogP contribution in [0.5, 0.6) is 0 Å². The van der Waals surface area contributed by atoms with Crippen LogP contribution < -0.4 is 0 Å². The maximum atomic E-state index is 2.65. The average molecular weight is 288 g/mol. The van der Waals surface area contributed by atoms with Crippen molar-refractivity contribution < 1.29 is 0 Å². The van der Waals surface area contributed by atoms with Crippen LogP contribution in [0.1, 0.15) is 45.6 Å². The Labute approximate surface area is 131 Å². The molecule has 1 aliphatic heterocycles. The maximum Gasteiger partial charge on any atom is 0.0234 e. The van der Waals surface area contributed by atoms with E-state index in [1.54, 1.807) is 0 Å². The van der Waals surface area contributed by atoms with E-state index in [1.807, 2.05) is 0 Å². The highest BCUT2D eigenvalue weighted by Gasteiger charge is 2.18. The molecule has 1 fully saturated rings. The standard InChI is InChI=1S/C19H32N2/c1-4-19(2,3)11-8-12-20-13-15-21(16-14-20)17-18-9-6-5-7-10-18/h5-7,9-10H,4,8,11-17H2,1-3H3. The molecule has 0 bridgehead atoms. The first-order valence-electron chi connectivity index (χ1n) is 8.58. The summed E-state index contributed by atoms with van der Waals surface area (Å²) >= 11 is 0. The van der Waals surface area contributed by atoms with Crippen LogP contribution in [-0.2, 0) is 6.54 Å². The molecular formula is C19H32N2. The van der Waals surface area contributed by atoms with Crippen LogP contribution in [0.15, 0.2) is 30.3 Å². The van der Waals surface area contributed by atoms with Crippen molar-refractivity contribution in [2.45, 2.75) is 46.6 Å². The second-order valence-corrected chi connectivity index (χ2v) is 7.22. The molecule has 0 unspecified atom stereocenters. The highest BCUT2D eigenvalue weighted by atomic mass is 15.3. The van der Waals surface area contributed by atoms with E-state index in [9.17, 15) is 0 Å². The number of piperazine rings is 1. The molecule has 1 saturated heterocycles. The predicted molar refractivity (Wildman–Crippen MR) is 91.5 cm³/mol. The van der Waals surface area contributed by atoms with Gasteiger partial charge in [0.15, 0.2) is 0 Å². The Bertz CT molecular complexity index is 391. The van der Waals surface area contributed by atoms with Crippen LogP contribution in [0.25, 0.3) is 0 Å². The lowest BCUT2D eigenvalue weighted by Gasteiger charge is -2.35. The largest absolute Gasteiger partial charge is 0.301 e. The molecule has 0 aliphatic carbocycles. The van der Waals surface area contributed by atoms with Crippen molar-refractivity contribution in [3.63, 3.8) is 0 Å². The van der Waals surface area contributed by atoms with E-state index < -0.39 is 0 Å². The molecule has 2 rings (SSSR count). The quantitative estimate of drug-likeness (QED) is 0.747. The fourth-order valence-corrected chi connectivity index (χ4v) is 2.97. The molecule has 0 radical (unpaired) electrons. The van der Waals surface area contributed by atoms with Crippen LogP contribution in [0, 0.1) is 5.41 Å². The zero-order valence-corrected chi connectivity index (χ0v) is 14.1. The number of nitrogens with zero attached hydrogens (tertiary/aromatic N) is 2. The van der Waals surface area contributed by atoms with Gasteiger partial charge in [0.1, 0.15) is 0 Å². The maximum absolute atomic E-state index is 2.65. The summed E-state index contributed by atoms with van der Waals surface area (Å²) in [5.41, 5.74) is 1.96. The van der Waals surface area contributed by atoms with Gasteiger partial charge in [-0.25, -0.2) is 0 Å². The molecule has 21 heavy (non-hydrogen) atoms. The molecule has 2 heteroatoms. The topological polar surface area (TPSA) is 6.48 Å². The Morgan fingerprint density at radius 3 is 2.19 bits per heavy atom. The van der Waals surface area contributed by atoms with Crippen LogP contribution in [0.2, 0.25) is 0 Å². The zero-order chi connectivity index (χ0) is 15.1. The van der Waals surface area contributed by atoms with Gasteiger partial charge in [-0.2, -0.15) is 0 Å². The monoisotopic (exact) mass is 288 g/mol. The van der Waals surface area contributed by atoms with Crippen LogP contribution in [0.3, 0.4) is 0 Å². The van der Waals surface area contributed by atoms with E-state index in [0.717, 1.165) is 6.54 Å². The van der Waals surface area contributed by atoms with Crippen LogP contribution in [-0.4, -0.2) is 42.5 Å². The molecule has 0 aromatic heterocycles. The molecule has 1 heterocycles. The summed E-state index contributed by atoms with van der Waals surface area (Å²) in [7, 11) is 0. The molecule has 1 aromatic carbocycles. The predicted octanol–water partition coefficient (Wildman–Crippen LogP) is 4.02.